The number of aromatic nitrogens is 2. The normalized spacial score (nSPS) is 13.0. The molecule has 15 heavy (non-hydrogen) atoms. The zero-order valence-corrected chi connectivity index (χ0v) is 10.4. The number of sulfonamides is 1. The average Bonchev–Trinajstić information content (AvgIpc) is 2.48. The first kappa shape index (κ1) is 12.3. The molecule has 0 atom stereocenters. The Bertz CT molecular complexity index is 432. The predicted octanol–water partition coefficient (Wildman–Crippen LogP) is 0.445. The van der Waals surface area contributed by atoms with Crippen LogP contribution in [0.15, 0.2) is 4.34 Å². The highest BCUT2D eigenvalue weighted by Gasteiger charge is 2.22. The van der Waals surface area contributed by atoms with Gasteiger partial charge in [-0.2, -0.15) is 0 Å². The molecule has 1 rings (SSSR count). The fourth-order valence-corrected chi connectivity index (χ4v) is 2.81. The molecule has 0 bridgehead atoms. The van der Waals surface area contributed by atoms with Crippen molar-refractivity contribution in [2.75, 3.05) is 12.3 Å². The Balaban J connectivity index is 2.77. The smallest absolute Gasteiger partial charge is 0.269 e. The lowest BCUT2D eigenvalue weighted by molar-refractivity contribution is 0.407. The molecule has 8 heteroatoms. The summed E-state index contributed by atoms with van der Waals surface area (Å²) in [5, 5.41) is 7.08. The standard InChI is InChI=1S/C7H14N4O2S2/c1-7(2,3)4-9-15(12,13)6-11-10-5(8)14-6/h9H,4H2,1-3H3,(H2,8,10). The zero-order chi connectivity index (χ0) is 11.7. The minimum atomic E-state index is -3.56. The van der Waals surface area contributed by atoms with E-state index in [1.807, 2.05) is 20.8 Å². The molecule has 6 nitrogen and oxygen atoms in total. The molecule has 0 saturated carbocycles. The molecule has 0 radical (unpaired) electrons. The lowest BCUT2D eigenvalue weighted by atomic mass is 9.98. The molecule has 0 aromatic carbocycles. The lowest BCUT2D eigenvalue weighted by Crippen LogP contribution is -2.32. The highest BCUT2D eigenvalue weighted by Crippen LogP contribution is 2.18. The minimum absolute atomic E-state index is 0.0933. The van der Waals surface area contributed by atoms with Gasteiger partial charge in [-0.25, -0.2) is 13.1 Å². The zero-order valence-electron chi connectivity index (χ0n) is 8.81. The molecular formula is C7H14N4O2S2. The van der Waals surface area contributed by atoms with E-state index in [1.54, 1.807) is 0 Å². The maximum absolute atomic E-state index is 11.6. The van der Waals surface area contributed by atoms with Gasteiger partial charge >= 0.3 is 0 Å². The van der Waals surface area contributed by atoms with Gasteiger partial charge in [0.25, 0.3) is 10.0 Å². The number of hydrogen-bond acceptors (Lipinski definition) is 6. The van der Waals surface area contributed by atoms with Crippen LogP contribution in [0.3, 0.4) is 0 Å². The quantitative estimate of drug-likeness (QED) is 0.811. The van der Waals surface area contributed by atoms with Gasteiger partial charge in [-0.15, -0.1) is 10.2 Å². The third kappa shape index (κ3) is 3.73. The molecule has 0 spiro atoms. The molecule has 0 unspecified atom stereocenters. The summed E-state index contributed by atoms with van der Waals surface area (Å²) in [6, 6.07) is 0. The Hall–Kier alpha value is -0.730. The Labute approximate surface area is 93.0 Å². The number of nitrogens with zero attached hydrogens (tertiary/aromatic N) is 2. The van der Waals surface area contributed by atoms with Crippen molar-refractivity contribution in [2.24, 2.45) is 5.41 Å². The fourth-order valence-electron chi connectivity index (χ4n) is 0.702. The lowest BCUT2D eigenvalue weighted by Gasteiger charge is -2.17. The van der Waals surface area contributed by atoms with Gasteiger partial charge in [0.2, 0.25) is 9.47 Å². The maximum atomic E-state index is 11.6. The second-order valence-corrected chi connectivity index (χ2v) is 7.24. The van der Waals surface area contributed by atoms with E-state index in [2.05, 4.69) is 14.9 Å². The van der Waals surface area contributed by atoms with E-state index in [0.717, 1.165) is 11.3 Å². The molecule has 0 saturated heterocycles. The molecule has 0 fully saturated rings. The van der Waals surface area contributed by atoms with Gasteiger partial charge in [-0.1, -0.05) is 32.1 Å². The van der Waals surface area contributed by atoms with Crippen molar-refractivity contribution in [1.29, 1.82) is 0 Å². The molecule has 0 amide bonds. The van der Waals surface area contributed by atoms with Crippen LogP contribution in [-0.2, 0) is 10.0 Å². The SMILES string of the molecule is CC(C)(C)CNS(=O)(=O)c1nnc(N)s1. The molecule has 0 aliphatic carbocycles. The van der Waals surface area contributed by atoms with Crippen LogP contribution in [0.2, 0.25) is 0 Å². The predicted molar refractivity (Wildman–Crippen MR) is 59.0 cm³/mol. The molecular weight excluding hydrogens is 236 g/mol. The summed E-state index contributed by atoms with van der Waals surface area (Å²) in [7, 11) is -3.56. The van der Waals surface area contributed by atoms with Crippen molar-refractivity contribution >= 4 is 26.5 Å². The number of hydrogen-bond donors (Lipinski definition) is 2. The average molecular weight is 250 g/mol. The summed E-state index contributed by atoms with van der Waals surface area (Å²) in [4.78, 5) is 0. The van der Waals surface area contributed by atoms with Crippen LogP contribution in [0.4, 0.5) is 5.13 Å². The molecule has 1 aromatic heterocycles. The number of nitrogens with two attached hydrogens (primary N) is 1. The van der Waals surface area contributed by atoms with Crippen molar-refractivity contribution < 1.29 is 8.42 Å². The van der Waals surface area contributed by atoms with Gasteiger partial charge in [0.1, 0.15) is 0 Å². The summed E-state index contributed by atoms with van der Waals surface area (Å²) in [5.41, 5.74) is 5.19. The second kappa shape index (κ2) is 4.03. The third-order valence-corrected chi connectivity index (χ3v) is 3.97. The summed E-state index contributed by atoms with van der Waals surface area (Å²) >= 11 is 0.850. The van der Waals surface area contributed by atoms with Crippen LogP contribution in [0.1, 0.15) is 20.8 Å². The van der Waals surface area contributed by atoms with Gasteiger partial charge in [0.05, 0.1) is 0 Å². The van der Waals surface area contributed by atoms with E-state index in [1.165, 1.54) is 0 Å². The summed E-state index contributed by atoms with van der Waals surface area (Å²) < 4.78 is 25.6. The van der Waals surface area contributed by atoms with E-state index in [9.17, 15) is 8.42 Å². The maximum Gasteiger partial charge on any atom is 0.269 e. The molecule has 1 heterocycles. The van der Waals surface area contributed by atoms with Crippen molar-refractivity contribution in [3.8, 4) is 0 Å². The van der Waals surface area contributed by atoms with Crippen molar-refractivity contribution in [3.63, 3.8) is 0 Å². The first-order valence-corrected chi connectivity index (χ1v) is 6.59. The Kier molecular flexibility index (Phi) is 3.31. The monoisotopic (exact) mass is 250 g/mol. The molecule has 86 valence electrons. The first-order chi connectivity index (χ1) is 6.71. The third-order valence-electron chi connectivity index (χ3n) is 1.44. The van der Waals surface area contributed by atoms with Crippen LogP contribution < -0.4 is 10.5 Å². The van der Waals surface area contributed by atoms with Crippen LogP contribution in [0.5, 0.6) is 0 Å². The van der Waals surface area contributed by atoms with Gasteiger partial charge in [-0.3, -0.25) is 0 Å². The van der Waals surface area contributed by atoms with E-state index in [4.69, 9.17) is 5.73 Å². The molecule has 0 aliphatic rings. The van der Waals surface area contributed by atoms with E-state index >= 15 is 0 Å². The summed E-state index contributed by atoms with van der Waals surface area (Å²) in [5.74, 6) is 0. The minimum Gasteiger partial charge on any atom is -0.374 e. The van der Waals surface area contributed by atoms with Crippen molar-refractivity contribution in [3.05, 3.63) is 0 Å². The fraction of sp³-hybridized carbons (Fsp3) is 0.714. The van der Waals surface area contributed by atoms with Crippen molar-refractivity contribution in [1.82, 2.24) is 14.9 Å². The van der Waals surface area contributed by atoms with Crippen LogP contribution in [-0.4, -0.2) is 25.2 Å². The van der Waals surface area contributed by atoms with Crippen LogP contribution in [0.25, 0.3) is 0 Å². The van der Waals surface area contributed by atoms with E-state index in [0.29, 0.717) is 6.54 Å². The molecule has 3 N–H and O–H groups in total. The van der Waals surface area contributed by atoms with Gasteiger partial charge in [0, 0.05) is 6.54 Å². The topological polar surface area (TPSA) is 98.0 Å². The second-order valence-electron chi connectivity index (χ2n) is 4.29. The van der Waals surface area contributed by atoms with Crippen LogP contribution in [0, 0.1) is 5.41 Å². The van der Waals surface area contributed by atoms with Gasteiger partial charge < -0.3 is 5.73 Å². The number of anilines is 1. The number of rotatable bonds is 3. The summed E-state index contributed by atoms with van der Waals surface area (Å²) in [6.45, 7) is 6.15. The Morgan fingerprint density at radius 1 is 1.40 bits per heavy atom. The first-order valence-electron chi connectivity index (χ1n) is 4.29. The van der Waals surface area contributed by atoms with Crippen molar-refractivity contribution in [2.45, 2.75) is 25.1 Å². The number of nitrogens with one attached hydrogen (secondary N) is 1. The number of nitrogen functional groups attached to an aromatic ring is 1. The largest absolute Gasteiger partial charge is 0.374 e. The van der Waals surface area contributed by atoms with Gasteiger partial charge in [0.15, 0.2) is 0 Å². The molecule has 0 aliphatic heterocycles. The van der Waals surface area contributed by atoms with Gasteiger partial charge in [-0.05, 0) is 5.41 Å². The molecule has 1 aromatic rings. The highest BCUT2D eigenvalue weighted by molar-refractivity contribution is 7.91. The van der Waals surface area contributed by atoms with Crippen LogP contribution >= 0.6 is 11.3 Å². The Morgan fingerprint density at radius 2 is 2.00 bits per heavy atom. The summed E-state index contributed by atoms with van der Waals surface area (Å²) in [6.07, 6.45) is 0. The highest BCUT2D eigenvalue weighted by atomic mass is 32.2. The van der Waals surface area contributed by atoms with E-state index < -0.39 is 10.0 Å². The van der Waals surface area contributed by atoms with E-state index in [-0.39, 0.29) is 14.9 Å². The Morgan fingerprint density at radius 3 is 2.40 bits per heavy atom.